The molecule has 238 valence electrons. The maximum Gasteiger partial charge on any atom is 0.386 e. The second-order valence-electron chi connectivity index (χ2n) is 9.68. The summed E-state index contributed by atoms with van der Waals surface area (Å²) in [6.45, 7) is -5.22. The van der Waals surface area contributed by atoms with Crippen LogP contribution in [0.15, 0.2) is 25.3 Å². The lowest BCUT2D eigenvalue weighted by Gasteiger charge is -2.23. The molecule has 18 nitrogen and oxygen atoms in total. The van der Waals surface area contributed by atoms with E-state index in [9.17, 15) is 9.13 Å². The molecule has 9 atom stereocenters. The van der Waals surface area contributed by atoms with Crippen molar-refractivity contribution in [2.24, 2.45) is 0 Å². The Kier molecular flexibility index (Phi) is 8.84. The molecule has 2 saturated heterocycles. The van der Waals surface area contributed by atoms with Crippen LogP contribution in [0, 0.1) is 0 Å². The number of hydrogen-bond acceptors (Lipinski definition) is 16. The van der Waals surface area contributed by atoms with E-state index in [1.807, 2.05) is 0 Å². The number of anilines is 2. The third-order valence-electron chi connectivity index (χ3n) is 6.93. The van der Waals surface area contributed by atoms with Crippen LogP contribution < -0.4 is 11.5 Å². The number of alkyl halides is 2. The van der Waals surface area contributed by atoms with E-state index in [1.54, 1.807) is 0 Å². The highest BCUT2D eigenvalue weighted by Gasteiger charge is 2.51. The first-order chi connectivity index (χ1) is 21.1. The molecule has 23 heteroatoms. The van der Waals surface area contributed by atoms with Crippen molar-refractivity contribution in [1.82, 2.24) is 39.0 Å². The standard InChI is InChI=1S/C21H26F2N10O8P2S/c1-36-42(34)37-4-11-15(12(23)21(40-11)33-8-31-14-17(25)27-6-29-19(14)33)41-43(35,44)38-3-9-2-10(22)20(39-9)32-7-30-13-16(24)26-5-28-18(13)32/h5-12,15,20-21,42H,2-4H2,1H3,(H,35,44)(H2,24,26,28)(H2,25,27,29)/t9?,10-,11+,12-,15+,20+,21+,43?/m0/s1. The van der Waals surface area contributed by atoms with Gasteiger partial charge in [0.05, 0.1) is 32.0 Å². The van der Waals surface area contributed by atoms with Crippen molar-refractivity contribution >= 4 is 61.3 Å². The first-order valence-electron chi connectivity index (χ1n) is 12.9. The largest absolute Gasteiger partial charge is 0.386 e. The van der Waals surface area contributed by atoms with Crippen molar-refractivity contribution in [2.75, 3.05) is 31.8 Å². The molecule has 4 aromatic rings. The minimum absolute atomic E-state index is 0.0623. The first-order valence-corrected chi connectivity index (χ1v) is 16.8. The van der Waals surface area contributed by atoms with Gasteiger partial charge in [-0.2, -0.15) is 0 Å². The number of nitrogens with two attached hydrogens (primary N) is 2. The number of nitrogen functional groups attached to an aromatic ring is 2. The monoisotopic (exact) mass is 678 g/mol. The van der Waals surface area contributed by atoms with Crippen LogP contribution in [0.4, 0.5) is 20.4 Å². The maximum atomic E-state index is 15.9. The Labute approximate surface area is 252 Å². The fourth-order valence-electron chi connectivity index (χ4n) is 4.91. The molecule has 0 aromatic carbocycles. The summed E-state index contributed by atoms with van der Waals surface area (Å²) in [5.74, 6) is 0.184. The molecule has 0 amide bonds. The first kappa shape index (κ1) is 31.1. The van der Waals surface area contributed by atoms with Crippen LogP contribution in [0.5, 0.6) is 0 Å². The average molecular weight is 679 g/mol. The normalized spacial score (nSPS) is 29.4. The van der Waals surface area contributed by atoms with Gasteiger partial charge in [0, 0.05) is 13.5 Å². The molecule has 2 aliphatic heterocycles. The zero-order chi connectivity index (χ0) is 31.2. The highest BCUT2D eigenvalue weighted by atomic mass is 32.7. The maximum absolute atomic E-state index is 15.9. The van der Waals surface area contributed by atoms with Crippen LogP contribution >= 0.6 is 27.3 Å². The quantitative estimate of drug-likeness (QED) is 0.152. The molecule has 4 aromatic heterocycles. The van der Waals surface area contributed by atoms with Crippen molar-refractivity contribution in [2.45, 2.75) is 49.5 Å². The van der Waals surface area contributed by atoms with Crippen LogP contribution in [-0.2, 0) is 36.7 Å². The minimum atomic E-state index is -4.34. The van der Waals surface area contributed by atoms with Crippen LogP contribution in [0.2, 0.25) is 0 Å². The van der Waals surface area contributed by atoms with Gasteiger partial charge >= 0.3 is 15.1 Å². The SMILES string of the molecule is CO[PH](=O)OC[C@H]1O[C@@H](n2cnc3c(N)ncnc32)[C@@H](F)[C@@H]1OP(=O)(S)OCC1C[C@H](F)[C@H](n2cnc3c(N)ncnc32)O1. The number of aromatic nitrogens is 8. The average Bonchev–Trinajstić information content (AvgIpc) is 3.77. The molecule has 0 radical (unpaired) electrons. The molecule has 0 bridgehead atoms. The topological polar surface area (TPSA) is 229 Å². The predicted octanol–water partition coefficient (Wildman–Crippen LogP) is 2.18. The Bertz CT molecular complexity index is 1740. The molecule has 0 spiro atoms. The Morgan fingerprint density at radius 1 is 1.00 bits per heavy atom. The number of fused-ring (bicyclic) bond motifs is 2. The zero-order valence-corrected chi connectivity index (χ0v) is 25.4. The molecule has 0 saturated carbocycles. The third kappa shape index (κ3) is 6.03. The van der Waals surface area contributed by atoms with Crippen molar-refractivity contribution in [3.05, 3.63) is 25.3 Å². The van der Waals surface area contributed by atoms with Crippen molar-refractivity contribution < 1.29 is 45.5 Å². The van der Waals surface area contributed by atoms with Gasteiger partial charge in [0.25, 0.3) is 0 Å². The lowest BCUT2D eigenvalue weighted by molar-refractivity contribution is -0.0433. The zero-order valence-electron chi connectivity index (χ0n) is 22.6. The molecule has 3 unspecified atom stereocenters. The number of thiol groups is 1. The lowest BCUT2D eigenvalue weighted by atomic mass is 10.1. The fraction of sp³-hybridized carbons (Fsp3) is 0.524. The summed E-state index contributed by atoms with van der Waals surface area (Å²) in [7, 11) is -1.77. The fourth-order valence-corrected chi connectivity index (χ4v) is 6.83. The van der Waals surface area contributed by atoms with Gasteiger partial charge in [-0.05, 0) is 0 Å². The summed E-state index contributed by atoms with van der Waals surface area (Å²) in [6.07, 6.45) is -4.98. The summed E-state index contributed by atoms with van der Waals surface area (Å²) in [5, 5.41) is 0. The smallest absolute Gasteiger partial charge is 0.382 e. The molecule has 2 fully saturated rings. The molecule has 6 rings (SSSR count). The van der Waals surface area contributed by atoms with Gasteiger partial charge in [0.1, 0.15) is 42.1 Å². The Morgan fingerprint density at radius 3 is 2.23 bits per heavy atom. The van der Waals surface area contributed by atoms with Crippen LogP contribution in [0.3, 0.4) is 0 Å². The number of halogens is 2. The molecular weight excluding hydrogens is 652 g/mol. The Hall–Kier alpha value is -2.87. The second-order valence-corrected chi connectivity index (χ2v) is 13.7. The predicted molar refractivity (Wildman–Crippen MR) is 151 cm³/mol. The van der Waals surface area contributed by atoms with Gasteiger partial charge in [-0.1, -0.05) is 12.2 Å². The van der Waals surface area contributed by atoms with Crippen LogP contribution in [0.1, 0.15) is 18.9 Å². The van der Waals surface area contributed by atoms with E-state index in [4.69, 9.17) is 34.5 Å². The van der Waals surface area contributed by atoms with Crippen LogP contribution in [0.25, 0.3) is 22.3 Å². The molecule has 44 heavy (non-hydrogen) atoms. The summed E-state index contributed by atoms with van der Waals surface area (Å²) in [4.78, 5) is 24.1. The Balaban J connectivity index is 1.15. The van der Waals surface area contributed by atoms with Crippen molar-refractivity contribution in [3.63, 3.8) is 0 Å². The van der Waals surface area contributed by atoms with Gasteiger partial charge in [0.15, 0.2) is 41.6 Å². The van der Waals surface area contributed by atoms with Crippen molar-refractivity contribution in [1.29, 1.82) is 0 Å². The Morgan fingerprint density at radius 2 is 1.61 bits per heavy atom. The van der Waals surface area contributed by atoms with Crippen molar-refractivity contribution in [3.8, 4) is 0 Å². The second kappa shape index (κ2) is 12.5. The molecule has 4 N–H and O–H groups in total. The third-order valence-corrected chi connectivity index (χ3v) is 9.28. The number of nitrogens with zero attached hydrogens (tertiary/aromatic N) is 8. The van der Waals surface area contributed by atoms with E-state index in [-0.39, 0.29) is 40.4 Å². The van der Waals surface area contributed by atoms with E-state index >= 15 is 8.78 Å². The summed E-state index contributed by atoms with van der Waals surface area (Å²) in [5.41, 5.74) is 12.6. The molecule has 2 aliphatic rings. The van der Waals surface area contributed by atoms with E-state index < -0.39 is 71.4 Å². The summed E-state index contributed by atoms with van der Waals surface area (Å²) in [6, 6.07) is 0. The van der Waals surface area contributed by atoms with E-state index in [2.05, 4.69) is 46.7 Å². The van der Waals surface area contributed by atoms with Gasteiger partial charge in [-0.3, -0.25) is 22.7 Å². The molecule has 6 heterocycles. The van der Waals surface area contributed by atoms with Gasteiger partial charge in [-0.25, -0.2) is 43.2 Å². The van der Waals surface area contributed by atoms with Gasteiger partial charge in [0.2, 0.25) is 0 Å². The minimum Gasteiger partial charge on any atom is -0.382 e. The number of hydrogen-bond donors (Lipinski definition) is 3. The van der Waals surface area contributed by atoms with Gasteiger partial charge < -0.3 is 30.0 Å². The molecule has 0 aliphatic carbocycles. The number of imidazole rings is 2. The van der Waals surface area contributed by atoms with Gasteiger partial charge in [-0.15, -0.1) is 0 Å². The van der Waals surface area contributed by atoms with E-state index in [1.165, 1.54) is 41.6 Å². The number of ether oxygens (including phenoxy) is 2. The highest BCUT2D eigenvalue weighted by Crippen LogP contribution is 2.57. The summed E-state index contributed by atoms with van der Waals surface area (Å²) < 4.78 is 90.9. The summed E-state index contributed by atoms with van der Waals surface area (Å²) >= 11 is 4.00. The van der Waals surface area contributed by atoms with Crippen LogP contribution in [-0.4, -0.2) is 90.0 Å². The molecular formula is C21H26F2N10O8P2S. The van der Waals surface area contributed by atoms with E-state index in [0.29, 0.717) is 0 Å². The highest BCUT2D eigenvalue weighted by molar-refractivity contribution is 8.44. The van der Waals surface area contributed by atoms with E-state index in [0.717, 1.165) is 0 Å². The lowest BCUT2D eigenvalue weighted by Crippen LogP contribution is -2.33. The number of rotatable bonds is 11.